The maximum absolute atomic E-state index is 6.00. The van der Waals surface area contributed by atoms with Gasteiger partial charge in [-0.05, 0) is 46.9 Å². The van der Waals surface area contributed by atoms with Gasteiger partial charge in [0.1, 0.15) is 5.75 Å². The van der Waals surface area contributed by atoms with Crippen LogP contribution in [0.2, 0.25) is 0 Å². The first-order valence-electron chi connectivity index (χ1n) is 6.99. The standard InChI is InChI=1S/C17H26O/c1-16(2,3)12-9-13(17(4,5)6)11-15(10-12)18-14-7-8-14/h9-11,14H,7-8H2,1-6H3. The van der Waals surface area contributed by atoms with Crippen LogP contribution in [-0.4, -0.2) is 6.10 Å². The Morgan fingerprint density at radius 1 is 0.833 bits per heavy atom. The Morgan fingerprint density at radius 2 is 1.28 bits per heavy atom. The van der Waals surface area contributed by atoms with E-state index in [0.29, 0.717) is 6.10 Å². The van der Waals surface area contributed by atoms with Gasteiger partial charge in [-0.1, -0.05) is 47.6 Å². The molecule has 0 aromatic heterocycles. The van der Waals surface area contributed by atoms with Gasteiger partial charge in [-0.3, -0.25) is 0 Å². The van der Waals surface area contributed by atoms with Gasteiger partial charge in [-0.2, -0.15) is 0 Å². The van der Waals surface area contributed by atoms with Gasteiger partial charge in [0.15, 0.2) is 0 Å². The first-order valence-corrected chi connectivity index (χ1v) is 6.99. The molecule has 1 nitrogen and oxygen atoms in total. The Bertz CT molecular complexity index is 396. The van der Waals surface area contributed by atoms with Crippen molar-refractivity contribution >= 4 is 0 Å². The van der Waals surface area contributed by atoms with E-state index >= 15 is 0 Å². The van der Waals surface area contributed by atoms with E-state index in [9.17, 15) is 0 Å². The van der Waals surface area contributed by atoms with Crippen LogP contribution in [0.3, 0.4) is 0 Å². The minimum absolute atomic E-state index is 0.170. The van der Waals surface area contributed by atoms with Gasteiger partial charge in [0.2, 0.25) is 0 Å². The van der Waals surface area contributed by atoms with Crippen LogP contribution in [0.4, 0.5) is 0 Å². The summed E-state index contributed by atoms with van der Waals surface area (Å²) in [7, 11) is 0. The zero-order valence-electron chi connectivity index (χ0n) is 12.6. The molecule has 1 fully saturated rings. The fourth-order valence-electron chi connectivity index (χ4n) is 1.91. The highest BCUT2D eigenvalue weighted by Gasteiger charge is 2.26. The molecule has 1 heteroatoms. The van der Waals surface area contributed by atoms with E-state index in [2.05, 4.69) is 59.7 Å². The normalized spacial score (nSPS) is 16.8. The van der Waals surface area contributed by atoms with Crippen molar-refractivity contribution in [2.24, 2.45) is 0 Å². The molecule has 1 aliphatic rings. The monoisotopic (exact) mass is 246 g/mol. The topological polar surface area (TPSA) is 9.23 Å². The van der Waals surface area contributed by atoms with E-state index in [1.54, 1.807) is 0 Å². The summed E-state index contributed by atoms with van der Waals surface area (Å²) in [6.45, 7) is 13.6. The van der Waals surface area contributed by atoms with E-state index < -0.39 is 0 Å². The van der Waals surface area contributed by atoms with Crippen molar-refractivity contribution in [3.05, 3.63) is 29.3 Å². The summed E-state index contributed by atoms with van der Waals surface area (Å²) in [6.07, 6.45) is 2.89. The lowest BCUT2D eigenvalue weighted by Crippen LogP contribution is -2.16. The summed E-state index contributed by atoms with van der Waals surface area (Å²) in [4.78, 5) is 0. The lowest BCUT2D eigenvalue weighted by molar-refractivity contribution is 0.301. The largest absolute Gasteiger partial charge is 0.490 e. The second-order valence-electron chi connectivity index (χ2n) is 7.56. The lowest BCUT2D eigenvalue weighted by atomic mass is 9.80. The molecule has 0 unspecified atom stereocenters. The Morgan fingerprint density at radius 3 is 1.61 bits per heavy atom. The number of benzene rings is 1. The van der Waals surface area contributed by atoms with Gasteiger partial charge in [0, 0.05) is 0 Å². The number of rotatable bonds is 2. The van der Waals surface area contributed by atoms with Crippen LogP contribution in [0.5, 0.6) is 5.75 Å². The molecule has 1 aromatic carbocycles. The van der Waals surface area contributed by atoms with Gasteiger partial charge in [0.25, 0.3) is 0 Å². The smallest absolute Gasteiger partial charge is 0.120 e. The third kappa shape index (κ3) is 3.28. The van der Waals surface area contributed by atoms with Crippen LogP contribution in [0.1, 0.15) is 65.5 Å². The Kier molecular flexibility index (Phi) is 3.21. The lowest BCUT2D eigenvalue weighted by Gasteiger charge is -2.26. The molecule has 1 aromatic rings. The minimum Gasteiger partial charge on any atom is -0.490 e. The summed E-state index contributed by atoms with van der Waals surface area (Å²) < 4.78 is 6.00. The van der Waals surface area contributed by atoms with E-state index in [1.165, 1.54) is 24.0 Å². The van der Waals surface area contributed by atoms with Crippen molar-refractivity contribution in [1.29, 1.82) is 0 Å². The molecule has 0 spiro atoms. The fourth-order valence-corrected chi connectivity index (χ4v) is 1.91. The fraction of sp³-hybridized carbons (Fsp3) is 0.647. The molecular formula is C17H26O. The summed E-state index contributed by atoms with van der Waals surface area (Å²) in [6, 6.07) is 6.76. The molecule has 0 radical (unpaired) electrons. The van der Waals surface area contributed by atoms with Crippen molar-refractivity contribution < 1.29 is 4.74 Å². The van der Waals surface area contributed by atoms with Gasteiger partial charge >= 0.3 is 0 Å². The predicted molar refractivity (Wildman–Crippen MR) is 77.5 cm³/mol. The first-order chi connectivity index (χ1) is 8.16. The number of hydrogen-bond donors (Lipinski definition) is 0. The summed E-state index contributed by atoms with van der Waals surface area (Å²) in [5, 5.41) is 0. The van der Waals surface area contributed by atoms with Crippen molar-refractivity contribution in [2.45, 2.75) is 71.3 Å². The molecule has 0 amide bonds. The van der Waals surface area contributed by atoms with Crippen LogP contribution >= 0.6 is 0 Å². The highest BCUT2D eigenvalue weighted by molar-refractivity contribution is 5.40. The number of ether oxygens (including phenoxy) is 1. The van der Waals surface area contributed by atoms with E-state index in [1.807, 2.05) is 0 Å². The van der Waals surface area contributed by atoms with Gasteiger partial charge in [-0.25, -0.2) is 0 Å². The van der Waals surface area contributed by atoms with Crippen molar-refractivity contribution in [3.8, 4) is 5.75 Å². The van der Waals surface area contributed by atoms with Crippen LogP contribution in [0.25, 0.3) is 0 Å². The second-order valence-corrected chi connectivity index (χ2v) is 7.56. The van der Waals surface area contributed by atoms with Crippen LogP contribution in [-0.2, 0) is 10.8 Å². The predicted octanol–water partition coefficient (Wildman–Crippen LogP) is 4.82. The molecule has 0 heterocycles. The van der Waals surface area contributed by atoms with E-state index in [4.69, 9.17) is 4.74 Å². The third-order valence-electron chi connectivity index (χ3n) is 3.47. The Hall–Kier alpha value is -0.980. The zero-order chi connectivity index (χ0) is 13.6. The Labute approximate surface area is 112 Å². The third-order valence-corrected chi connectivity index (χ3v) is 3.47. The van der Waals surface area contributed by atoms with Crippen molar-refractivity contribution in [3.63, 3.8) is 0 Å². The van der Waals surface area contributed by atoms with Gasteiger partial charge in [0.05, 0.1) is 6.10 Å². The van der Waals surface area contributed by atoms with Crippen molar-refractivity contribution in [1.82, 2.24) is 0 Å². The highest BCUT2D eigenvalue weighted by atomic mass is 16.5. The van der Waals surface area contributed by atoms with Crippen molar-refractivity contribution in [2.75, 3.05) is 0 Å². The quantitative estimate of drug-likeness (QED) is 0.726. The minimum atomic E-state index is 0.170. The number of hydrogen-bond acceptors (Lipinski definition) is 1. The Balaban J connectivity index is 2.40. The average molecular weight is 246 g/mol. The summed E-state index contributed by atoms with van der Waals surface area (Å²) in [5.41, 5.74) is 3.07. The van der Waals surface area contributed by atoms with Crippen LogP contribution in [0, 0.1) is 0 Å². The maximum Gasteiger partial charge on any atom is 0.120 e. The molecule has 0 aliphatic heterocycles. The molecule has 1 aliphatic carbocycles. The van der Waals surface area contributed by atoms with Gasteiger partial charge in [-0.15, -0.1) is 0 Å². The van der Waals surface area contributed by atoms with E-state index in [0.717, 1.165) is 5.75 Å². The van der Waals surface area contributed by atoms with E-state index in [-0.39, 0.29) is 10.8 Å². The molecule has 0 N–H and O–H groups in total. The molecule has 0 atom stereocenters. The first kappa shape index (κ1) is 13.5. The molecule has 0 saturated heterocycles. The zero-order valence-corrected chi connectivity index (χ0v) is 12.6. The average Bonchev–Trinajstić information content (AvgIpc) is 2.98. The molecule has 2 rings (SSSR count). The molecule has 0 bridgehead atoms. The maximum atomic E-state index is 6.00. The van der Waals surface area contributed by atoms with Crippen LogP contribution in [0.15, 0.2) is 18.2 Å². The highest BCUT2D eigenvalue weighted by Crippen LogP contribution is 2.35. The van der Waals surface area contributed by atoms with Crippen LogP contribution < -0.4 is 4.74 Å². The molecule has 18 heavy (non-hydrogen) atoms. The summed E-state index contributed by atoms with van der Waals surface area (Å²) in [5.74, 6) is 1.05. The second kappa shape index (κ2) is 4.29. The summed E-state index contributed by atoms with van der Waals surface area (Å²) >= 11 is 0. The molecule has 100 valence electrons. The molecule has 1 saturated carbocycles. The molecular weight excluding hydrogens is 220 g/mol. The SMILES string of the molecule is CC(C)(C)c1cc(OC2CC2)cc(C(C)(C)C)c1. The van der Waals surface area contributed by atoms with Gasteiger partial charge < -0.3 is 4.74 Å².